The number of carboxylic acid groups (broad SMARTS) is 1. The summed E-state index contributed by atoms with van der Waals surface area (Å²) < 4.78 is 0. The molecular formula is C12H22N2O4. The molecule has 1 fully saturated rings. The third kappa shape index (κ3) is 4.52. The van der Waals surface area contributed by atoms with Crippen LogP contribution in [0.2, 0.25) is 0 Å². The lowest BCUT2D eigenvalue weighted by Crippen LogP contribution is -2.51. The molecule has 0 heterocycles. The minimum Gasteiger partial charge on any atom is -0.480 e. The van der Waals surface area contributed by atoms with E-state index >= 15 is 0 Å². The number of aliphatic hydroxyl groups excluding tert-OH is 1. The summed E-state index contributed by atoms with van der Waals surface area (Å²) in [5.74, 6) is -0.778. The van der Waals surface area contributed by atoms with Gasteiger partial charge in [-0.3, -0.25) is 0 Å². The molecule has 18 heavy (non-hydrogen) atoms. The number of hydrogen-bond donors (Lipinski definition) is 4. The first-order valence-electron chi connectivity index (χ1n) is 6.45. The fraction of sp³-hybridized carbons (Fsp3) is 0.833. The zero-order chi connectivity index (χ0) is 13.5. The van der Waals surface area contributed by atoms with Gasteiger partial charge in [0.2, 0.25) is 0 Å². The van der Waals surface area contributed by atoms with Gasteiger partial charge in [0.15, 0.2) is 6.04 Å². The summed E-state index contributed by atoms with van der Waals surface area (Å²) in [5.41, 5.74) is 0. The summed E-state index contributed by atoms with van der Waals surface area (Å²) >= 11 is 0. The number of hydrogen-bond acceptors (Lipinski definition) is 3. The summed E-state index contributed by atoms with van der Waals surface area (Å²) in [4.78, 5) is 22.2. The maximum absolute atomic E-state index is 11.6. The van der Waals surface area contributed by atoms with E-state index in [4.69, 9.17) is 10.2 Å². The highest BCUT2D eigenvalue weighted by molar-refractivity contribution is 5.82. The minimum absolute atomic E-state index is 0.0263. The van der Waals surface area contributed by atoms with Crippen LogP contribution in [0.25, 0.3) is 0 Å². The Hall–Kier alpha value is -1.30. The van der Waals surface area contributed by atoms with Gasteiger partial charge in [0.1, 0.15) is 0 Å². The highest BCUT2D eigenvalue weighted by Crippen LogP contribution is 2.26. The molecule has 0 bridgehead atoms. The number of urea groups is 1. The van der Waals surface area contributed by atoms with E-state index in [1.54, 1.807) is 0 Å². The first-order valence-corrected chi connectivity index (χ1v) is 6.45. The first kappa shape index (κ1) is 14.8. The molecule has 0 aromatic heterocycles. The molecule has 1 unspecified atom stereocenters. The van der Waals surface area contributed by atoms with Crippen LogP contribution in [0, 0.1) is 5.92 Å². The molecule has 0 radical (unpaired) electrons. The van der Waals surface area contributed by atoms with E-state index in [0.717, 1.165) is 12.8 Å². The fourth-order valence-corrected chi connectivity index (χ4v) is 2.34. The third-order valence-electron chi connectivity index (χ3n) is 3.50. The second kappa shape index (κ2) is 7.20. The molecule has 6 nitrogen and oxygen atoms in total. The Balaban J connectivity index is 2.36. The number of carboxylic acids is 1. The van der Waals surface area contributed by atoms with Gasteiger partial charge in [0, 0.05) is 6.04 Å². The lowest BCUT2D eigenvalue weighted by Gasteiger charge is -2.28. The Labute approximate surface area is 107 Å². The average Bonchev–Trinajstić information content (AvgIpc) is 2.36. The van der Waals surface area contributed by atoms with Crippen molar-refractivity contribution in [2.24, 2.45) is 5.92 Å². The largest absolute Gasteiger partial charge is 0.480 e. The van der Waals surface area contributed by atoms with Gasteiger partial charge in [-0.2, -0.15) is 0 Å². The standard InChI is InChI=1S/C12H22N2O4/c1-8(9-5-3-2-4-6-9)13-12(18)14-10(7-15)11(16)17/h8-10,15H,2-7H2,1H3,(H,16,17)(H2,13,14,18)/t8?,10-/m1/s1. The molecule has 0 aromatic rings. The number of carbonyl (C=O) groups is 2. The van der Waals surface area contributed by atoms with Gasteiger partial charge in [-0.15, -0.1) is 0 Å². The zero-order valence-corrected chi connectivity index (χ0v) is 10.7. The predicted molar refractivity (Wildman–Crippen MR) is 66.2 cm³/mol. The van der Waals surface area contributed by atoms with Crippen molar-refractivity contribution in [3.63, 3.8) is 0 Å². The van der Waals surface area contributed by atoms with Crippen molar-refractivity contribution < 1.29 is 19.8 Å². The number of carbonyl (C=O) groups excluding carboxylic acids is 1. The Bertz CT molecular complexity index is 290. The van der Waals surface area contributed by atoms with Gasteiger partial charge >= 0.3 is 12.0 Å². The van der Waals surface area contributed by atoms with Crippen molar-refractivity contribution >= 4 is 12.0 Å². The number of amides is 2. The van der Waals surface area contributed by atoms with E-state index in [0.29, 0.717) is 5.92 Å². The highest BCUT2D eigenvalue weighted by Gasteiger charge is 2.23. The maximum atomic E-state index is 11.6. The van der Waals surface area contributed by atoms with Gasteiger partial charge in [-0.1, -0.05) is 19.3 Å². The Kier molecular flexibility index (Phi) is 5.91. The number of aliphatic carboxylic acids is 1. The van der Waals surface area contributed by atoms with Crippen LogP contribution in [0.15, 0.2) is 0 Å². The van der Waals surface area contributed by atoms with E-state index in [2.05, 4.69) is 10.6 Å². The van der Waals surface area contributed by atoms with E-state index in [-0.39, 0.29) is 6.04 Å². The predicted octanol–water partition coefficient (Wildman–Crippen LogP) is 0.700. The molecule has 2 amide bonds. The van der Waals surface area contributed by atoms with Gasteiger partial charge in [-0.05, 0) is 25.7 Å². The van der Waals surface area contributed by atoms with Crippen LogP contribution in [-0.4, -0.2) is 40.9 Å². The Morgan fingerprint density at radius 1 is 1.22 bits per heavy atom. The summed E-state index contributed by atoms with van der Waals surface area (Å²) in [6.45, 7) is 1.32. The molecule has 104 valence electrons. The summed E-state index contributed by atoms with van der Waals surface area (Å²) in [6, 6.07) is -1.75. The lowest BCUT2D eigenvalue weighted by atomic mass is 9.85. The van der Waals surface area contributed by atoms with Crippen molar-refractivity contribution in [2.75, 3.05) is 6.61 Å². The Morgan fingerprint density at radius 3 is 2.33 bits per heavy atom. The van der Waals surface area contributed by atoms with Crippen LogP contribution < -0.4 is 10.6 Å². The van der Waals surface area contributed by atoms with Crippen LogP contribution in [-0.2, 0) is 4.79 Å². The first-order chi connectivity index (χ1) is 8.54. The summed E-state index contributed by atoms with van der Waals surface area (Å²) in [5, 5.41) is 22.5. The molecule has 4 N–H and O–H groups in total. The topological polar surface area (TPSA) is 98.7 Å². The molecule has 0 spiro atoms. The monoisotopic (exact) mass is 258 g/mol. The van der Waals surface area contributed by atoms with Crippen LogP contribution in [0.4, 0.5) is 4.79 Å². The van der Waals surface area contributed by atoms with Crippen molar-refractivity contribution in [2.45, 2.75) is 51.1 Å². The molecule has 0 aliphatic heterocycles. The van der Waals surface area contributed by atoms with Crippen LogP contribution >= 0.6 is 0 Å². The van der Waals surface area contributed by atoms with Crippen molar-refractivity contribution in [3.05, 3.63) is 0 Å². The van der Waals surface area contributed by atoms with Crippen LogP contribution in [0.5, 0.6) is 0 Å². The SMILES string of the molecule is CC(NC(=O)N[C@H](CO)C(=O)O)C1CCCCC1. The molecule has 0 saturated heterocycles. The molecular weight excluding hydrogens is 236 g/mol. The summed E-state index contributed by atoms with van der Waals surface area (Å²) in [6.07, 6.45) is 5.83. The second-order valence-corrected chi connectivity index (χ2v) is 4.88. The van der Waals surface area contributed by atoms with Crippen molar-refractivity contribution in [3.8, 4) is 0 Å². The normalized spacial score (nSPS) is 19.9. The van der Waals surface area contributed by atoms with Gasteiger partial charge in [-0.25, -0.2) is 9.59 Å². The number of nitrogens with one attached hydrogen (secondary N) is 2. The van der Waals surface area contributed by atoms with Gasteiger partial charge in [0.05, 0.1) is 6.61 Å². The van der Waals surface area contributed by atoms with E-state index in [1.165, 1.54) is 19.3 Å². The number of rotatable bonds is 5. The summed E-state index contributed by atoms with van der Waals surface area (Å²) in [7, 11) is 0. The molecule has 0 aromatic carbocycles. The second-order valence-electron chi connectivity index (χ2n) is 4.88. The molecule has 1 aliphatic carbocycles. The third-order valence-corrected chi connectivity index (χ3v) is 3.50. The molecule has 2 atom stereocenters. The van der Waals surface area contributed by atoms with E-state index < -0.39 is 24.6 Å². The molecule has 1 rings (SSSR count). The molecule has 1 aliphatic rings. The quantitative estimate of drug-likeness (QED) is 0.583. The van der Waals surface area contributed by atoms with E-state index in [1.807, 2.05) is 6.92 Å². The zero-order valence-electron chi connectivity index (χ0n) is 10.7. The van der Waals surface area contributed by atoms with Crippen LogP contribution in [0.3, 0.4) is 0 Å². The smallest absolute Gasteiger partial charge is 0.328 e. The van der Waals surface area contributed by atoms with E-state index in [9.17, 15) is 9.59 Å². The van der Waals surface area contributed by atoms with Crippen LogP contribution in [0.1, 0.15) is 39.0 Å². The molecule has 6 heteroatoms. The van der Waals surface area contributed by atoms with Crippen molar-refractivity contribution in [1.82, 2.24) is 10.6 Å². The van der Waals surface area contributed by atoms with Crippen molar-refractivity contribution in [1.29, 1.82) is 0 Å². The highest BCUT2D eigenvalue weighted by atomic mass is 16.4. The minimum atomic E-state index is -1.25. The number of aliphatic hydroxyl groups is 1. The molecule has 1 saturated carbocycles. The lowest BCUT2D eigenvalue weighted by molar-refractivity contribution is -0.140. The Morgan fingerprint density at radius 2 is 1.83 bits per heavy atom. The average molecular weight is 258 g/mol. The van der Waals surface area contributed by atoms with Gasteiger partial charge in [0.25, 0.3) is 0 Å². The van der Waals surface area contributed by atoms with Gasteiger partial charge < -0.3 is 20.8 Å². The maximum Gasteiger partial charge on any atom is 0.328 e. The fourth-order valence-electron chi connectivity index (χ4n) is 2.34.